The van der Waals surface area contributed by atoms with Gasteiger partial charge in [-0.2, -0.15) is 0 Å². The maximum atomic E-state index is 12.5. The zero-order valence-electron chi connectivity index (χ0n) is 15.1. The summed E-state index contributed by atoms with van der Waals surface area (Å²) in [5.41, 5.74) is 1.90. The van der Waals surface area contributed by atoms with Crippen LogP contribution in [0.3, 0.4) is 0 Å². The molecule has 0 spiro atoms. The van der Waals surface area contributed by atoms with Gasteiger partial charge >= 0.3 is 0 Å². The highest BCUT2D eigenvalue weighted by molar-refractivity contribution is 7.17. The Labute approximate surface area is 162 Å². The highest BCUT2D eigenvalue weighted by Crippen LogP contribution is 2.30. The third-order valence-corrected chi connectivity index (χ3v) is 6.09. The van der Waals surface area contributed by atoms with E-state index in [1.54, 1.807) is 6.20 Å². The van der Waals surface area contributed by atoms with Crippen LogP contribution < -0.4 is 15.1 Å². The number of anilines is 3. The summed E-state index contributed by atoms with van der Waals surface area (Å²) >= 11 is 1.37. The van der Waals surface area contributed by atoms with E-state index in [9.17, 15) is 9.90 Å². The number of aliphatic hydroxyl groups is 1. The standard InChI is InChI=1S/C19H24N4O3S/c24-13-16-2-1-7-23(16)19-20-12-17(27-19)18(25)21-14-3-5-15(6-4-14)22-8-10-26-11-9-22/h3-6,12,16,24H,1-2,7-11,13H2,(H,21,25). The van der Waals surface area contributed by atoms with Crippen LogP contribution in [0.15, 0.2) is 30.5 Å². The molecule has 0 aliphatic carbocycles. The van der Waals surface area contributed by atoms with E-state index in [0.717, 1.165) is 62.2 Å². The van der Waals surface area contributed by atoms with E-state index >= 15 is 0 Å². The van der Waals surface area contributed by atoms with Gasteiger partial charge in [0.15, 0.2) is 5.13 Å². The summed E-state index contributed by atoms with van der Waals surface area (Å²) < 4.78 is 5.38. The zero-order chi connectivity index (χ0) is 18.6. The van der Waals surface area contributed by atoms with Gasteiger partial charge in [0.1, 0.15) is 4.88 Å². The smallest absolute Gasteiger partial charge is 0.267 e. The van der Waals surface area contributed by atoms with Crippen molar-refractivity contribution in [3.05, 3.63) is 35.3 Å². The van der Waals surface area contributed by atoms with Gasteiger partial charge < -0.3 is 25.0 Å². The fourth-order valence-electron chi connectivity index (χ4n) is 3.55. The Bertz CT molecular complexity index is 774. The van der Waals surface area contributed by atoms with E-state index < -0.39 is 0 Å². The van der Waals surface area contributed by atoms with Crippen molar-refractivity contribution in [2.75, 3.05) is 54.6 Å². The van der Waals surface area contributed by atoms with E-state index in [0.29, 0.717) is 4.88 Å². The van der Waals surface area contributed by atoms with Crippen LogP contribution in [-0.4, -0.2) is 61.5 Å². The summed E-state index contributed by atoms with van der Waals surface area (Å²) in [4.78, 5) is 21.9. The molecule has 2 aliphatic heterocycles. The van der Waals surface area contributed by atoms with Crippen LogP contribution in [-0.2, 0) is 4.74 Å². The molecule has 1 aromatic heterocycles. The average Bonchev–Trinajstić information content (AvgIpc) is 3.38. The number of benzene rings is 1. The van der Waals surface area contributed by atoms with Crippen LogP contribution >= 0.6 is 11.3 Å². The molecule has 2 aromatic rings. The van der Waals surface area contributed by atoms with Gasteiger partial charge in [-0.1, -0.05) is 11.3 Å². The van der Waals surface area contributed by atoms with E-state index in [4.69, 9.17) is 4.74 Å². The number of hydrogen-bond donors (Lipinski definition) is 2. The third kappa shape index (κ3) is 4.07. The maximum Gasteiger partial charge on any atom is 0.267 e. The van der Waals surface area contributed by atoms with Crippen LogP contribution in [0.1, 0.15) is 22.5 Å². The predicted octanol–water partition coefficient (Wildman–Crippen LogP) is 2.19. The molecule has 2 saturated heterocycles. The molecule has 8 heteroatoms. The van der Waals surface area contributed by atoms with Crippen molar-refractivity contribution < 1.29 is 14.6 Å². The second-order valence-electron chi connectivity index (χ2n) is 6.78. The van der Waals surface area contributed by atoms with Crippen LogP contribution in [0.2, 0.25) is 0 Å². The number of amides is 1. The molecule has 27 heavy (non-hydrogen) atoms. The molecular weight excluding hydrogens is 364 g/mol. The SMILES string of the molecule is O=C(Nc1ccc(N2CCOCC2)cc1)c1cnc(N2CCCC2CO)s1. The number of hydrogen-bond acceptors (Lipinski definition) is 7. The Morgan fingerprint density at radius 3 is 2.78 bits per heavy atom. The fraction of sp³-hybridized carbons (Fsp3) is 0.474. The number of morpholine rings is 1. The first-order valence-corrected chi connectivity index (χ1v) is 10.1. The first kappa shape index (κ1) is 18.2. The van der Waals surface area contributed by atoms with Gasteiger partial charge in [-0.25, -0.2) is 4.98 Å². The Balaban J connectivity index is 1.39. The van der Waals surface area contributed by atoms with Crippen molar-refractivity contribution in [1.82, 2.24) is 4.98 Å². The van der Waals surface area contributed by atoms with Crippen molar-refractivity contribution >= 4 is 33.8 Å². The normalized spacial score (nSPS) is 20.1. The minimum absolute atomic E-state index is 0.111. The topological polar surface area (TPSA) is 77.9 Å². The molecule has 7 nitrogen and oxygen atoms in total. The Kier molecular flexibility index (Phi) is 5.56. The molecule has 1 atom stereocenters. The number of nitrogens with one attached hydrogen (secondary N) is 1. The number of nitrogens with zero attached hydrogens (tertiary/aromatic N) is 3. The van der Waals surface area contributed by atoms with E-state index in [-0.39, 0.29) is 18.6 Å². The first-order chi connectivity index (χ1) is 13.2. The van der Waals surface area contributed by atoms with E-state index in [1.807, 2.05) is 24.3 Å². The van der Waals surface area contributed by atoms with Crippen molar-refractivity contribution in [2.24, 2.45) is 0 Å². The van der Waals surface area contributed by atoms with Crippen molar-refractivity contribution in [1.29, 1.82) is 0 Å². The number of ether oxygens (including phenoxy) is 1. The van der Waals surface area contributed by atoms with Gasteiger partial charge in [0.2, 0.25) is 0 Å². The molecule has 1 unspecified atom stereocenters. The quantitative estimate of drug-likeness (QED) is 0.818. The van der Waals surface area contributed by atoms with E-state index in [1.165, 1.54) is 11.3 Å². The third-order valence-electron chi connectivity index (χ3n) is 5.05. The van der Waals surface area contributed by atoms with Crippen LogP contribution in [0.25, 0.3) is 0 Å². The largest absolute Gasteiger partial charge is 0.394 e. The molecule has 2 aliphatic rings. The van der Waals surface area contributed by atoms with Gasteiger partial charge in [0.05, 0.1) is 32.1 Å². The first-order valence-electron chi connectivity index (χ1n) is 9.32. The van der Waals surface area contributed by atoms with Crippen molar-refractivity contribution in [3.63, 3.8) is 0 Å². The lowest BCUT2D eigenvalue weighted by molar-refractivity contribution is 0.103. The van der Waals surface area contributed by atoms with Gasteiger partial charge in [-0.3, -0.25) is 4.79 Å². The molecule has 4 rings (SSSR count). The van der Waals surface area contributed by atoms with Crippen LogP contribution in [0.5, 0.6) is 0 Å². The van der Waals surface area contributed by atoms with Crippen LogP contribution in [0.4, 0.5) is 16.5 Å². The summed E-state index contributed by atoms with van der Waals surface area (Å²) in [6.45, 7) is 4.28. The number of carbonyl (C=O) groups is 1. The Hall–Kier alpha value is -2.16. The monoisotopic (exact) mass is 388 g/mol. The molecule has 144 valence electrons. The number of aliphatic hydroxyl groups excluding tert-OH is 1. The summed E-state index contributed by atoms with van der Waals surface area (Å²) in [6, 6.07) is 8.00. The lowest BCUT2D eigenvalue weighted by Gasteiger charge is -2.28. The Morgan fingerprint density at radius 1 is 1.26 bits per heavy atom. The molecule has 0 radical (unpaired) electrons. The minimum Gasteiger partial charge on any atom is -0.394 e. The fourth-order valence-corrected chi connectivity index (χ4v) is 4.46. The van der Waals surface area contributed by atoms with Crippen LogP contribution in [0, 0.1) is 0 Å². The summed E-state index contributed by atoms with van der Waals surface area (Å²) in [5, 5.41) is 13.2. The molecular formula is C19H24N4O3S. The summed E-state index contributed by atoms with van der Waals surface area (Å²) in [7, 11) is 0. The number of thiazole rings is 1. The zero-order valence-corrected chi connectivity index (χ0v) is 16.0. The predicted molar refractivity (Wildman–Crippen MR) is 107 cm³/mol. The van der Waals surface area contributed by atoms with Crippen molar-refractivity contribution in [2.45, 2.75) is 18.9 Å². The highest BCUT2D eigenvalue weighted by Gasteiger charge is 2.26. The molecule has 2 N–H and O–H groups in total. The number of carbonyl (C=O) groups excluding carboxylic acids is 1. The van der Waals surface area contributed by atoms with Gasteiger partial charge in [0, 0.05) is 31.0 Å². The summed E-state index contributed by atoms with van der Waals surface area (Å²) in [6.07, 6.45) is 3.62. The van der Waals surface area contributed by atoms with Gasteiger partial charge in [0.25, 0.3) is 5.91 Å². The lowest BCUT2D eigenvalue weighted by Crippen LogP contribution is -2.36. The van der Waals surface area contributed by atoms with Gasteiger partial charge in [-0.05, 0) is 37.1 Å². The van der Waals surface area contributed by atoms with Gasteiger partial charge in [-0.15, -0.1) is 0 Å². The molecule has 2 fully saturated rings. The second-order valence-corrected chi connectivity index (χ2v) is 7.79. The maximum absolute atomic E-state index is 12.5. The molecule has 3 heterocycles. The molecule has 0 saturated carbocycles. The minimum atomic E-state index is -0.155. The number of rotatable bonds is 5. The summed E-state index contributed by atoms with van der Waals surface area (Å²) in [5.74, 6) is -0.155. The molecule has 1 aromatic carbocycles. The van der Waals surface area contributed by atoms with Crippen molar-refractivity contribution in [3.8, 4) is 0 Å². The molecule has 1 amide bonds. The lowest BCUT2D eigenvalue weighted by atomic mass is 10.2. The average molecular weight is 388 g/mol. The highest BCUT2D eigenvalue weighted by atomic mass is 32.1. The number of aromatic nitrogens is 1. The van der Waals surface area contributed by atoms with E-state index in [2.05, 4.69) is 20.1 Å². The molecule has 0 bridgehead atoms. The Morgan fingerprint density at radius 2 is 2.04 bits per heavy atom. The second kappa shape index (κ2) is 8.24.